The molecule has 0 spiro atoms. The molecule has 6 heteroatoms. The highest BCUT2D eigenvalue weighted by atomic mass is 16.2. The van der Waals surface area contributed by atoms with Crippen LogP contribution in [0.2, 0.25) is 0 Å². The molecular formula is C18H19N5O. The zero-order valence-corrected chi connectivity index (χ0v) is 13.6. The summed E-state index contributed by atoms with van der Waals surface area (Å²) in [5, 5.41) is 0. The van der Waals surface area contributed by atoms with E-state index in [0.29, 0.717) is 5.56 Å². The molecule has 0 radical (unpaired) electrons. The molecule has 0 aliphatic carbocycles. The van der Waals surface area contributed by atoms with Gasteiger partial charge in [0.2, 0.25) is 0 Å². The van der Waals surface area contributed by atoms with Gasteiger partial charge in [0.1, 0.15) is 12.2 Å². The number of carbonyl (C=O) groups excluding carboxylic acids is 1. The third-order valence-electron chi connectivity index (χ3n) is 4.53. The minimum absolute atomic E-state index is 0.0179. The van der Waals surface area contributed by atoms with Crippen molar-refractivity contribution in [3.8, 4) is 0 Å². The van der Waals surface area contributed by atoms with Crippen LogP contribution >= 0.6 is 0 Å². The Morgan fingerprint density at radius 3 is 3.00 bits per heavy atom. The average Bonchev–Trinajstić information content (AvgIpc) is 3.09. The molecule has 0 unspecified atom stereocenters. The minimum atomic E-state index is -0.0388. The molecule has 4 rings (SSSR count). The number of amides is 1. The first kappa shape index (κ1) is 14.8. The first-order chi connectivity index (χ1) is 11.7. The van der Waals surface area contributed by atoms with Gasteiger partial charge in [0, 0.05) is 24.6 Å². The van der Waals surface area contributed by atoms with Gasteiger partial charge in [-0.05, 0) is 44.4 Å². The van der Waals surface area contributed by atoms with E-state index >= 15 is 0 Å². The summed E-state index contributed by atoms with van der Waals surface area (Å²) in [4.78, 5) is 28.0. The Morgan fingerprint density at radius 2 is 2.17 bits per heavy atom. The van der Waals surface area contributed by atoms with Crippen molar-refractivity contribution in [1.29, 1.82) is 0 Å². The van der Waals surface area contributed by atoms with Crippen LogP contribution in [0.4, 0.5) is 0 Å². The number of hydrogen-bond donors (Lipinski definition) is 0. The summed E-state index contributed by atoms with van der Waals surface area (Å²) in [6, 6.07) is 5.58. The largest absolute Gasteiger partial charge is 0.328 e. The number of aryl methyl sites for hydroxylation is 1. The summed E-state index contributed by atoms with van der Waals surface area (Å²) >= 11 is 0. The van der Waals surface area contributed by atoms with E-state index in [-0.39, 0.29) is 11.9 Å². The number of fused-ring (bicyclic) bond motifs is 1. The van der Waals surface area contributed by atoms with Gasteiger partial charge in [-0.1, -0.05) is 0 Å². The van der Waals surface area contributed by atoms with Crippen LogP contribution in [0.1, 0.15) is 47.2 Å². The van der Waals surface area contributed by atoms with Gasteiger partial charge in [-0.2, -0.15) is 0 Å². The lowest BCUT2D eigenvalue weighted by Crippen LogP contribution is -2.39. The van der Waals surface area contributed by atoms with E-state index in [1.165, 1.54) is 0 Å². The minimum Gasteiger partial charge on any atom is -0.328 e. The van der Waals surface area contributed by atoms with E-state index in [2.05, 4.69) is 9.97 Å². The Bertz CT molecular complexity index is 874. The number of aromatic nitrogens is 4. The Balaban J connectivity index is 1.77. The van der Waals surface area contributed by atoms with Crippen LogP contribution in [0, 0.1) is 6.92 Å². The molecule has 0 saturated carbocycles. The second-order valence-corrected chi connectivity index (χ2v) is 6.20. The number of carbonyl (C=O) groups is 1. The quantitative estimate of drug-likeness (QED) is 0.728. The molecule has 4 heterocycles. The van der Waals surface area contributed by atoms with Gasteiger partial charge in [0.05, 0.1) is 23.3 Å². The predicted molar refractivity (Wildman–Crippen MR) is 89.6 cm³/mol. The number of hydrogen-bond acceptors (Lipinski definition) is 4. The maximum Gasteiger partial charge on any atom is 0.256 e. The second kappa shape index (κ2) is 6.03. The molecule has 1 atom stereocenters. The second-order valence-electron chi connectivity index (χ2n) is 6.20. The van der Waals surface area contributed by atoms with Gasteiger partial charge in [-0.25, -0.2) is 9.97 Å². The third kappa shape index (κ3) is 2.54. The van der Waals surface area contributed by atoms with E-state index in [9.17, 15) is 4.79 Å². The lowest BCUT2D eigenvalue weighted by molar-refractivity contribution is 0.0597. The normalized spacial score (nSPS) is 18.0. The van der Waals surface area contributed by atoms with Crippen LogP contribution in [0.15, 0.2) is 43.1 Å². The van der Waals surface area contributed by atoms with Crippen molar-refractivity contribution in [2.24, 2.45) is 0 Å². The summed E-state index contributed by atoms with van der Waals surface area (Å²) < 4.78 is 1.99. The Labute approximate surface area is 140 Å². The van der Waals surface area contributed by atoms with E-state index < -0.39 is 0 Å². The lowest BCUT2D eigenvalue weighted by atomic mass is 10.00. The van der Waals surface area contributed by atoms with E-state index in [1.807, 2.05) is 34.6 Å². The highest BCUT2D eigenvalue weighted by Crippen LogP contribution is 2.31. The van der Waals surface area contributed by atoms with Crippen LogP contribution in [0.5, 0.6) is 0 Å². The van der Waals surface area contributed by atoms with Crippen molar-refractivity contribution in [3.63, 3.8) is 0 Å². The smallest absolute Gasteiger partial charge is 0.256 e. The summed E-state index contributed by atoms with van der Waals surface area (Å²) in [5.74, 6) is 0.906. The fourth-order valence-corrected chi connectivity index (χ4v) is 3.42. The fraction of sp³-hybridized carbons (Fsp3) is 0.333. The maximum absolute atomic E-state index is 13.0. The Kier molecular flexibility index (Phi) is 3.72. The van der Waals surface area contributed by atoms with E-state index in [1.54, 1.807) is 24.8 Å². The summed E-state index contributed by atoms with van der Waals surface area (Å²) in [6.45, 7) is 2.72. The number of imidazole rings is 1. The molecule has 0 aromatic carbocycles. The van der Waals surface area contributed by atoms with Gasteiger partial charge in [-0.15, -0.1) is 0 Å². The Hall–Kier alpha value is -2.76. The summed E-state index contributed by atoms with van der Waals surface area (Å²) in [7, 11) is 0. The van der Waals surface area contributed by atoms with Crippen molar-refractivity contribution >= 4 is 11.4 Å². The molecule has 122 valence electrons. The zero-order valence-electron chi connectivity index (χ0n) is 13.6. The molecule has 1 aliphatic rings. The molecule has 3 aromatic rings. The van der Waals surface area contributed by atoms with E-state index in [0.717, 1.165) is 42.8 Å². The van der Waals surface area contributed by atoms with Crippen molar-refractivity contribution in [2.45, 2.75) is 32.2 Å². The summed E-state index contributed by atoms with van der Waals surface area (Å²) in [6.07, 6.45) is 9.93. The first-order valence-electron chi connectivity index (χ1n) is 8.24. The number of rotatable bonds is 2. The first-order valence-corrected chi connectivity index (χ1v) is 8.24. The molecule has 24 heavy (non-hydrogen) atoms. The van der Waals surface area contributed by atoms with Crippen LogP contribution in [-0.4, -0.2) is 36.7 Å². The summed E-state index contributed by atoms with van der Waals surface area (Å²) in [5.41, 5.74) is 2.58. The van der Waals surface area contributed by atoms with Crippen molar-refractivity contribution in [2.75, 3.05) is 6.54 Å². The molecular weight excluding hydrogens is 302 g/mol. The number of likely N-dealkylation sites (tertiary alicyclic amines) is 1. The van der Waals surface area contributed by atoms with Gasteiger partial charge in [0.15, 0.2) is 0 Å². The van der Waals surface area contributed by atoms with Gasteiger partial charge >= 0.3 is 0 Å². The fourth-order valence-electron chi connectivity index (χ4n) is 3.42. The monoisotopic (exact) mass is 321 g/mol. The third-order valence-corrected chi connectivity index (χ3v) is 4.53. The molecule has 0 bridgehead atoms. The predicted octanol–water partition coefficient (Wildman–Crippen LogP) is 2.80. The molecule has 3 aromatic heterocycles. The average molecular weight is 321 g/mol. The van der Waals surface area contributed by atoms with Crippen molar-refractivity contribution in [3.05, 3.63) is 60.2 Å². The highest BCUT2D eigenvalue weighted by molar-refractivity contribution is 5.94. The molecule has 1 fully saturated rings. The standard InChI is InChI=1S/C18H19N5O/c1-13-9-15-11-20-12-23(15)17(21-13)16-6-2-3-8-22(16)18(24)14-5-4-7-19-10-14/h4-5,7,9-12,16H,2-3,6,8H2,1H3/t16-/m0/s1. The number of pyridine rings is 1. The van der Waals surface area contributed by atoms with Crippen LogP contribution in [0.25, 0.3) is 5.52 Å². The van der Waals surface area contributed by atoms with E-state index in [4.69, 9.17) is 4.98 Å². The van der Waals surface area contributed by atoms with Crippen molar-refractivity contribution < 1.29 is 4.79 Å². The maximum atomic E-state index is 13.0. The molecule has 1 saturated heterocycles. The number of nitrogens with zero attached hydrogens (tertiary/aromatic N) is 5. The van der Waals surface area contributed by atoms with Gasteiger partial charge in [0.25, 0.3) is 5.91 Å². The van der Waals surface area contributed by atoms with Crippen LogP contribution < -0.4 is 0 Å². The molecule has 1 amide bonds. The van der Waals surface area contributed by atoms with Crippen LogP contribution in [0.3, 0.4) is 0 Å². The molecule has 0 N–H and O–H groups in total. The SMILES string of the molecule is Cc1cc2cncn2c([C@@H]2CCCCN2C(=O)c2cccnc2)n1. The van der Waals surface area contributed by atoms with Gasteiger partial charge < -0.3 is 4.90 Å². The van der Waals surface area contributed by atoms with Gasteiger partial charge in [-0.3, -0.25) is 14.2 Å². The number of piperidine rings is 1. The highest BCUT2D eigenvalue weighted by Gasteiger charge is 2.31. The topological polar surface area (TPSA) is 63.4 Å². The Morgan fingerprint density at radius 1 is 1.25 bits per heavy atom. The van der Waals surface area contributed by atoms with Crippen LogP contribution in [-0.2, 0) is 0 Å². The molecule has 1 aliphatic heterocycles. The zero-order chi connectivity index (χ0) is 16.5. The van der Waals surface area contributed by atoms with Crippen molar-refractivity contribution in [1.82, 2.24) is 24.3 Å². The molecule has 6 nitrogen and oxygen atoms in total. The lowest BCUT2D eigenvalue weighted by Gasteiger charge is -2.35.